The molecule has 0 fully saturated rings. The Morgan fingerprint density at radius 3 is 1.32 bits per heavy atom. The molecule has 0 aliphatic rings. The molecule has 0 aromatic heterocycles. The summed E-state index contributed by atoms with van der Waals surface area (Å²) in [4.78, 5) is 23.9. The van der Waals surface area contributed by atoms with Crippen LogP contribution in [0.15, 0.2) is 0 Å². The molecule has 0 saturated heterocycles. The standard InChI is InChI=1S/C35H68O5/c1-4-5-6-21-25-28-34(37)39-31-33(30-36)40-35(38)29-26-23-20-18-16-14-12-10-8-7-9-11-13-15-17-19-22-24-27-32(2)3/h32-33,36H,4-31H2,1-3H3/t33-/m0/s1. The Morgan fingerprint density at radius 2 is 0.925 bits per heavy atom. The van der Waals surface area contributed by atoms with E-state index < -0.39 is 6.10 Å². The molecule has 0 heterocycles. The first kappa shape index (κ1) is 38.9. The van der Waals surface area contributed by atoms with Crippen molar-refractivity contribution in [3.8, 4) is 0 Å². The number of ether oxygens (including phenoxy) is 2. The fourth-order valence-corrected chi connectivity index (χ4v) is 5.15. The van der Waals surface area contributed by atoms with Gasteiger partial charge >= 0.3 is 11.9 Å². The lowest BCUT2D eigenvalue weighted by atomic mass is 10.0. The zero-order valence-corrected chi connectivity index (χ0v) is 27.0. The van der Waals surface area contributed by atoms with Gasteiger partial charge in [-0.15, -0.1) is 0 Å². The number of carbonyl (C=O) groups excluding carboxylic acids is 2. The minimum atomic E-state index is -0.759. The summed E-state index contributed by atoms with van der Waals surface area (Å²) in [5, 5.41) is 9.44. The van der Waals surface area contributed by atoms with E-state index in [-0.39, 0.29) is 25.2 Å². The monoisotopic (exact) mass is 569 g/mol. The first-order valence-electron chi connectivity index (χ1n) is 17.5. The van der Waals surface area contributed by atoms with Crippen molar-refractivity contribution in [3.05, 3.63) is 0 Å². The van der Waals surface area contributed by atoms with Crippen LogP contribution in [-0.2, 0) is 19.1 Å². The number of carbonyl (C=O) groups is 2. The van der Waals surface area contributed by atoms with Gasteiger partial charge in [-0.2, -0.15) is 0 Å². The number of aliphatic hydroxyl groups is 1. The van der Waals surface area contributed by atoms with E-state index in [0.717, 1.165) is 44.4 Å². The van der Waals surface area contributed by atoms with Crippen LogP contribution in [0, 0.1) is 5.92 Å². The maximum atomic E-state index is 12.1. The molecule has 0 aliphatic heterocycles. The third-order valence-electron chi connectivity index (χ3n) is 7.83. The van der Waals surface area contributed by atoms with Gasteiger partial charge in [0.05, 0.1) is 6.61 Å². The van der Waals surface area contributed by atoms with E-state index in [0.29, 0.717) is 12.8 Å². The van der Waals surface area contributed by atoms with Crippen molar-refractivity contribution in [2.24, 2.45) is 5.92 Å². The lowest BCUT2D eigenvalue weighted by Gasteiger charge is -2.15. The summed E-state index contributed by atoms with van der Waals surface area (Å²) in [7, 11) is 0. The summed E-state index contributed by atoms with van der Waals surface area (Å²) < 4.78 is 10.5. The van der Waals surface area contributed by atoms with Gasteiger partial charge in [0.15, 0.2) is 6.10 Å². The Hall–Kier alpha value is -1.10. The number of rotatable bonds is 31. The molecule has 238 valence electrons. The Labute approximate surface area is 248 Å². The number of hydrogen-bond acceptors (Lipinski definition) is 5. The van der Waals surface area contributed by atoms with Crippen molar-refractivity contribution < 1.29 is 24.2 Å². The highest BCUT2D eigenvalue weighted by Gasteiger charge is 2.16. The number of hydrogen-bond donors (Lipinski definition) is 1. The van der Waals surface area contributed by atoms with E-state index in [1.807, 2.05) is 0 Å². The average molecular weight is 569 g/mol. The quantitative estimate of drug-likeness (QED) is 0.0665. The minimum Gasteiger partial charge on any atom is -0.462 e. The predicted octanol–water partition coefficient (Wildman–Crippen LogP) is 10.3. The Morgan fingerprint density at radius 1 is 0.550 bits per heavy atom. The fraction of sp³-hybridized carbons (Fsp3) is 0.943. The minimum absolute atomic E-state index is 0.0607. The van der Waals surface area contributed by atoms with Gasteiger partial charge in [0, 0.05) is 12.8 Å². The molecule has 40 heavy (non-hydrogen) atoms. The van der Waals surface area contributed by atoms with Gasteiger partial charge < -0.3 is 14.6 Å². The van der Waals surface area contributed by atoms with Crippen LogP contribution in [0.5, 0.6) is 0 Å². The third-order valence-corrected chi connectivity index (χ3v) is 7.83. The SMILES string of the molecule is CCCCCCCC(=O)OC[C@H](CO)OC(=O)CCCCCCCCCCCCCCCCCCCCC(C)C. The van der Waals surface area contributed by atoms with Gasteiger partial charge in [0.1, 0.15) is 6.61 Å². The second kappa shape index (κ2) is 30.8. The molecular weight excluding hydrogens is 500 g/mol. The molecule has 5 heteroatoms. The van der Waals surface area contributed by atoms with Gasteiger partial charge in [-0.3, -0.25) is 9.59 Å². The second-order valence-corrected chi connectivity index (χ2v) is 12.4. The van der Waals surface area contributed by atoms with E-state index in [1.165, 1.54) is 116 Å². The van der Waals surface area contributed by atoms with Crippen LogP contribution < -0.4 is 0 Å². The molecule has 5 nitrogen and oxygen atoms in total. The predicted molar refractivity (Wildman–Crippen MR) is 168 cm³/mol. The zero-order valence-electron chi connectivity index (χ0n) is 27.0. The van der Waals surface area contributed by atoms with Gasteiger partial charge in [-0.1, -0.05) is 162 Å². The molecule has 0 radical (unpaired) electrons. The maximum absolute atomic E-state index is 12.1. The molecule has 0 bridgehead atoms. The summed E-state index contributed by atoms with van der Waals surface area (Å²) in [5.41, 5.74) is 0. The molecule has 1 N–H and O–H groups in total. The van der Waals surface area contributed by atoms with Gasteiger partial charge in [0.2, 0.25) is 0 Å². The third kappa shape index (κ3) is 29.9. The van der Waals surface area contributed by atoms with E-state index in [4.69, 9.17) is 9.47 Å². The maximum Gasteiger partial charge on any atom is 0.306 e. The molecule has 0 amide bonds. The van der Waals surface area contributed by atoms with Crippen LogP contribution in [0.25, 0.3) is 0 Å². The van der Waals surface area contributed by atoms with Crippen LogP contribution in [0.4, 0.5) is 0 Å². The summed E-state index contributed by atoms with van der Waals surface area (Å²) in [6.45, 7) is 6.42. The highest BCUT2D eigenvalue weighted by molar-refractivity contribution is 5.70. The normalized spacial score (nSPS) is 12.1. The van der Waals surface area contributed by atoms with Gasteiger partial charge in [0.25, 0.3) is 0 Å². The Balaban J connectivity index is 3.41. The molecule has 1 atom stereocenters. The van der Waals surface area contributed by atoms with E-state index >= 15 is 0 Å². The van der Waals surface area contributed by atoms with Crippen LogP contribution in [0.2, 0.25) is 0 Å². The lowest BCUT2D eigenvalue weighted by Crippen LogP contribution is -2.28. The van der Waals surface area contributed by atoms with Crippen LogP contribution in [-0.4, -0.2) is 36.4 Å². The lowest BCUT2D eigenvalue weighted by molar-refractivity contribution is -0.161. The molecule has 0 aromatic carbocycles. The van der Waals surface area contributed by atoms with Crippen LogP contribution >= 0.6 is 0 Å². The van der Waals surface area contributed by atoms with E-state index in [2.05, 4.69) is 20.8 Å². The Bertz CT molecular complexity index is 548. The average Bonchev–Trinajstić information content (AvgIpc) is 2.93. The van der Waals surface area contributed by atoms with Crippen molar-refractivity contribution in [2.45, 2.75) is 194 Å². The first-order valence-corrected chi connectivity index (χ1v) is 17.5. The van der Waals surface area contributed by atoms with Crippen molar-refractivity contribution in [1.29, 1.82) is 0 Å². The van der Waals surface area contributed by atoms with E-state index in [1.54, 1.807) is 0 Å². The molecule has 0 rings (SSSR count). The number of aliphatic hydroxyl groups excluding tert-OH is 1. The van der Waals surface area contributed by atoms with Crippen molar-refractivity contribution in [2.75, 3.05) is 13.2 Å². The Kier molecular flexibility index (Phi) is 30.0. The zero-order chi connectivity index (χ0) is 29.5. The second-order valence-electron chi connectivity index (χ2n) is 12.4. The fourth-order valence-electron chi connectivity index (χ4n) is 5.15. The van der Waals surface area contributed by atoms with Crippen LogP contribution in [0.3, 0.4) is 0 Å². The molecular formula is C35H68O5. The highest BCUT2D eigenvalue weighted by atomic mass is 16.6. The van der Waals surface area contributed by atoms with Gasteiger partial charge in [-0.25, -0.2) is 0 Å². The van der Waals surface area contributed by atoms with E-state index in [9.17, 15) is 14.7 Å². The summed E-state index contributed by atoms with van der Waals surface area (Å²) in [5.74, 6) is 0.269. The van der Waals surface area contributed by atoms with Crippen molar-refractivity contribution in [1.82, 2.24) is 0 Å². The largest absolute Gasteiger partial charge is 0.462 e. The summed E-state index contributed by atoms with van der Waals surface area (Å²) in [6, 6.07) is 0. The van der Waals surface area contributed by atoms with Gasteiger partial charge in [-0.05, 0) is 18.8 Å². The van der Waals surface area contributed by atoms with Crippen LogP contribution in [0.1, 0.15) is 188 Å². The van der Waals surface area contributed by atoms with Crippen molar-refractivity contribution >= 4 is 11.9 Å². The first-order chi connectivity index (χ1) is 19.5. The molecule has 0 spiro atoms. The molecule has 0 saturated carbocycles. The highest BCUT2D eigenvalue weighted by Crippen LogP contribution is 2.16. The number of esters is 2. The summed E-state index contributed by atoms with van der Waals surface area (Å²) >= 11 is 0. The van der Waals surface area contributed by atoms with Crippen molar-refractivity contribution in [3.63, 3.8) is 0 Å². The molecule has 0 aliphatic carbocycles. The smallest absolute Gasteiger partial charge is 0.306 e. The summed E-state index contributed by atoms with van der Waals surface area (Å²) in [6.07, 6.45) is 30.5. The molecule has 0 unspecified atom stereocenters. The topological polar surface area (TPSA) is 72.8 Å². The molecule has 0 aromatic rings. The number of unbranched alkanes of at least 4 members (excludes halogenated alkanes) is 21.